The molecule has 19 heavy (non-hydrogen) atoms. The molecule has 0 saturated carbocycles. The number of aryl methyl sites for hydroxylation is 1. The first-order chi connectivity index (χ1) is 9.27. The van der Waals surface area contributed by atoms with E-state index in [0.29, 0.717) is 4.99 Å². The van der Waals surface area contributed by atoms with Crippen LogP contribution in [0.2, 0.25) is 0 Å². The third kappa shape index (κ3) is 4.03. The van der Waals surface area contributed by atoms with Gasteiger partial charge in [-0.1, -0.05) is 42.5 Å². The summed E-state index contributed by atoms with van der Waals surface area (Å²) in [7, 11) is 0. The Morgan fingerprint density at radius 2 is 2.00 bits per heavy atom. The van der Waals surface area contributed by atoms with Crippen molar-refractivity contribution in [2.24, 2.45) is 5.73 Å². The molecule has 1 aromatic heterocycles. The minimum atomic E-state index is 0.396. The second-order valence-corrected chi connectivity index (χ2v) is 4.74. The second-order valence-electron chi connectivity index (χ2n) is 4.30. The highest BCUT2D eigenvalue weighted by molar-refractivity contribution is 7.80. The fourth-order valence-corrected chi connectivity index (χ4v) is 2.09. The summed E-state index contributed by atoms with van der Waals surface area (Å²) in [6, 6.07) is 12.3. The van der Waals surface area contributed by atoms with Crippen LogP contribution in [-0.4, -0.2) is 16.5 Å². The summed E-state index contributed by atoms with van der Waals surface area (Å²) in [6.07, 6.45) is 5.56. The Labute approximate surface area is 118 Å². The molecule has 98 valence electrons. The number of nitrogens with zero attached hydrogens (tertiary/aromatic N) is 1. The quantitative estimate of drug-likeness (QED) is 0.626. The topological polar surface area (TPSA) is 50.9 Å². The van der Waals surface area contributed by atoms with Gasteiger partial charge in [-0.05, 0) is 24.5 Å². The van der Waals surface area contributed by atoms with E-state index in [-0.39, 0.29) is 0 Å². The van der Waals surface area contributed by atoms with Crippen LogP contribution in [0.5, 0.6) is 0 Å². The van der Waals surface area contributed by atoms with Crippen molar-refractivity contribution in [2.75, 3.05) is 11.9 Å². The first kappa shape index (κ1) is 13.5. The Morgan fingerprint density at radius 3 is 2.74 bits per heavy atom. The molecule has 0 spiro atoms. The van der Waals surface area contributed by atoms with Gasteiger partial charge in [0.1, 0.15) is 4.99 Å². The Balaban J connectivity index is 1.85. The first-order valence-corrected chi connectivity index (χ1v) is 6.70. The van der Waals surface area contributed by atoms with Gasteiger partial charge in [-0.15, -0.1) is 0 Å². The van der Waals surface area contributed by atoms with Gasteiger partial charge in [-0.2, -0.15) is 0 Å². The molecule has 0 atom stereocenters. The summed E-state index contributed by atoms with van der Waals surface area (Å²) in [4.78, 5) is 4.48. The van der Waals surface area contributed by atoms with Gasteiger partial charge in [0.05, 0.1) is 11.9 Å². The number of thiocarbonyl (C=S) groups is 1. The largest absolute Gasteiger partial charge is 0.389 e. The fourth-order valence-electron chi connectivity index (χ4n) is 1.91. The smallest absolute Gasteiger partial charge is 0.106 e. The minimum absolute atomic E-state index is 0.396. The van der Waals surface area contributed by atoms with E-state index >= 15 is 0 Å². The molecule has 0 saturated heterocycles. The zero-order valence-corrected chi connectivity index (χ0v) is 11.5. The van der Waals surface area contributed by atoms with Gasteiger partial charge in [0.15, 0.2) is 0 Å². The maximum Gasteiger partial charge on any atom is 0.106 e. The molecule has 2 rings (SSSR count). The average Bonchev–Trinajstić information content (AvgIpc) is 2.45. The summed E-state index contributed by atoms with van der Waals surface area (Å²) >= 11 is 5.01. The van der Waals surface area contributed by atoms with Crippen molar-refractivity contribution in [3.8, 4) is 0 Å². The Hall–Kier alpha value is -1.94. The predicted octanol–water partition coefficient (Wildman–Crippen LogP) is 2.76. The third-order valence-electron chi connectivity index (χ3n) is 2.89. The van der Waals surface area contributed by atoms with Gasteiger partial charge >= 0.3 is 0 Å². The number of hydrogen-bond acceptors (Lipinski definition) is 3. The number of aromatic nitrogens is 1. The number of anilines is 1. The predicted molar refractivity (Wildman–Crippen MR) is 83.4 cm³/mol. The monoisotopic (exact) mass is 271 g/mol. The third-order valence-corrected chi connectivity index (χ3v) is 3.11. The highest BCUT2D eigenvalue weighted by Gasteiger charge is 2.03. The van der Waals surface area contributed by atoms with Crippen LogP contribution >= 0.6 is 12.2 Å². The lowest BCUT2D eigenvalue weighted by molar-refractivity contribution is 0.862. The van der Waals surface area contributed by atoms with Gasteiger partial charge in [-0.3, -0.25) is 4.98 Å². The zero-order valence-electron chi connectivity index (χ0n) is 10.7. The van der Waals surface area contributed by atoms with Gasteiger partial charge < -0.3 is 11.1 Å². The standard InChI is InChI=1S/C15H17N3S/c16-15(19)13-8-10-17-11-14(13)18-9-4-7-12-5-2-1-3-6-12/h1-3,5-6,8,10-11,18H,4,7,9H2,(H2,16,19). The highest BCUT2D eigenvalue weighted by Crippen LogP contribution is 2.13. The van der Waals surface area contributed by atoms with Crippen LogP contribution in [0, 0.1) is 0 Å². The average molecular weight is 271 g/mol. The van der Waals surface area contributed by atoms with Crippen molar-refractivity contribution in [3.63, 3.8) is 0 Å². The maximum atomic E-state index is 5.67. The van der Waals surface area contributed by atoms with Crippen LogP contribution in [0.1, 0.15) is 17.5 Å². The van der Waals surface area contributed by atoms with Crippen LogP contribution in [0.3, 0.4) is 0 Å². The number of nitrogens with two attached hydrogens (primary N) is 1. The summed E-state index contributed by atoms with van der Waals surface area (Å²) < 4.78 is 0. The fraction of sp³-hybridized carbons (Fsp3) is 0.200. The molecule has 2 aromatic rings. The summed E-state index contributed by atoms with van der Waals surface area (Å²) in [5.41, 5.74) is 8.78. The maximum absolute atomic E-state index is 5.67. The molecular formula is C15H17N3S. The summed E-state index contributed by atoms with van der Waals surface area (Å²) in [6.45, 7) is 0.871. The SMILES string of the molecule is NC(=S)c1ccncc1NCCCc1ccccc1. The molecule has 0 fully saturated rings. The molecule has 1 heterocycles. The molecule has 0 unspecified atom stereocenters. The minimum Gasteiger partial charge on any atom is -0.389 e. The van der Waals surface area contributed by atoms with E-state index in [4.69, 9.17) is 18.0 Å². The number of pyridine rings is 1. The Kier molecular flexibility index (Phi) is 4.86. The first-order valence-electron chi connectivity index (χ1n) is 6.29. The Bertz CT molecular complexity index is 540. The van der Waals surface area contributed by atoms with Gasteiger partial charge in [-0.25, -0.2) is 0 Å². The van der Waals surface area contributed by atoms with E-state index in [0.717, 1.165) is 30.6 Å². The normalized spacial score (nSPS) is 10.1. The van der Waals surface area contributed by atoms with Crippen molar-refractivity contribution >= 4 is 22.9 Å². The van der Waals surface area contributed by atoms with Crippen molar-refractivity contribution in [3.05, 3.63) is 59.9 Å². The molecular weight excluding hydrogens is 254 g/mol. The molecule has 1 aromatic carbocycles. The van der Waals surface area contributed by atoms with Crippen LogP contribution < -0.4 is 11.1 Å². The molecule has 3 nitrogen and oxygen atoms in total. The van der Waals surface area contributed by atoms with Crippen LogP contribution in [0.4, 0.5) is 5.69 Å². The van der Waals surface area contributed by atoms with Gasteiger partial charge in [0, 0.05) is 18.3 Å². The van der Waals surface area contributed by atoms with Gasteiger partial charge in [0.2, 0.25) is 0 Å². The summed E-state index contributed by atoms with van der Waals surface area (Å²) in [5.74, 6) is 0. The number of nitrogens with one attached hydrogen (secondary N) is 1. The van der Waals surface area contributed by atoms with Crippen molar-refractivity contribution < 1.29 is 0 Å². The highest BCUT2D eigenvalue weighted by atomic mass is 32.1. The lowest BCUT2D eigenvalue weighted by Crippen LogP contribution is -2.14. The molecule has 3 N–H and O–H groups in total. The molecule has 0 aliphatic rings. The summed E-state index contributed by atoms with van der Waals surface area (Å²) in [5, 5.41) is 3.33. The van der Waals surface area contributed by atoms with Crippen LogP contribution in [0.25, 0.3) is 0 Å². The van der Waals surface area contributed by atoms with Crippen LogP contribution in [0.15, 0.2) is 48.8 Å². The van der Waals surface area contributed by atoms with Crippen molar-refractivity contribution in [1.82, 2.24) is 4.98 Å². The van der Waals surface area contributed by atoms with E-state index < -0.39 is 0 Å². The van der Waals surface area contributed by atoms with E-state index in [1.807, 2.05) is 12.1 Å². The Morgan fingerprint density at radius 1 is 1.21 bits per heavy atom. The van der Waals surface area contributed by atoms with Crippen molar-refractivity contribution in [2.45, 2.75) is 12.8 Å². The van der Waals surface area contributed by atoms with E-state index in [2.05, 4.69) is 34.6 Å². The van der Waals surface area contributed by atoms with E-state index in [1.165, 1.54) is 5.56 Å². The van der Waals surface area contributed by atoms with E-state index in [9.17, 15) is 0 Å². The van der Waals surface area contributed by atoms with Gasteiger partial charge in [0.25, 0.3) is 0 Å². The second kappa shape index (κ2) is 6.85. The van der Waals surface area contributed by atoms with Crippen molar-refractivity contribution in [1.29, 1.82) is 0 Å². The lowest BCUT2D eigenvalue weighted by Gasteiger charge is -2.10. The number of benzene rings is 1. The van der Waals surface area contributed by atoms with Crippen LogP contribution in [-0.2, 0) is 6.42 Å². The molecule has 0 bridgehead atoms. The van der Waals surface area contributed by atoms with E-state index in [1.54, 1.807) is 12.4 Å². The molecule has 0 aliphatic heterocycles. The molecule has 4 heteroatoms. The number of hydrogen-bond donors (Lipinski definition) is 2. The zero-order chi connectivity index (χ0) is 13.5. The lowest BCUT2D eigenvalue weighted by atomic mass is 10.1. The number of rotatable bonds is 6. The molecule has 0 radical (unpaired) electrons. The molecule has 0 amide bonds. The molecule has 0 aliphatic carbocycles.